The van der Waals surface area contributed by atoms with Crippen molar-refractivity contribution in [1.29, 1.82) is 0 Å². The zero-order chi connectivity index (χ0) is 14.6. The molecule has 0 saturated carbocycles. The second kappa shape index (κ2) is 6.64. The summed E-state index contributed by atoms with van der Waals surface area (Å²) in [4.78, 5) is 2.82. The third kappa shape index (κ3) is 3.77. The molecule has 0 bridgehead atoms. The minimum absolute atomic E-state index is 0.145. The van der Waals surface area contributed by atoms with Crippen molar-refractivity contribution in [3.8, 4) is 0 Å². The highest BCUT2D eigenvalue weighted by molar-refractivity contribution is 7.89. The van der Waals surface area contributed by atoms with Crippen molar-refractivity contribution in [3.63, 3.8) is 0 Å². The predicted molar refractivity (Wildman–Crippen MR) is 76.4 cm³/mol. The second-order valence-corrected chi connectivity index (χ2v) is 6.44. The molecule has 0 radical (unpaired) electrons. The van der Waals surface area contributed by atoms with Gasteiger partial charge in [-0.2, -0.15) is 0 Å². The van der Waals surface area contributed by atoms with Gasteiger partial charge in [0, 0.05) is 19.1 Å². The van der Waals surface area contributed by atoms with Gasteiger partial charge in [-0.3, -0.25) is 0 Å². The molecule has 0 amide bonds. The van der Waals surface area contributed by atoms with Crippen molar-refractivity contribution in [2.45, 2.75) is 24.3 Å². The number of ether oxygens (including phenoxy) is 1. The molecule has 0 aromatic heterocycles. The number of rotatable bonds is 5. The number of morpholine rings is 1. The van der Waals surface area contributed by atoms with Gasteiger partial charge >= 0.3 is 0 Å². The Labute approximate surface area is 119 Å². The van der Waals surface area contributed by atoms with E-state index in [9.17, 15) is 8.42 Å². The molecular weight excluding hydrogens is 278 g/mol. The first-order valence-electron chi connectivity index (χ1n) is 6.73. The van der Waals surface area contributed by atoms with E-state index in [0.717, 1.165) is 12.0 Å². The molecule has 1 atom stereocenters. The van der Waals surface area contributed by atoms with Gasteiger partial charge in [-0.05, 0) is 24.1 Å². The number of hydrazine groups is 1. The topological polar surface area (TPSA) is 84.7 Å². The van der Waals surface area contributed by atoms with Crippen molar-refractivity contribution < 1.29 is 13.2 Å². The number of hydrogen-bond donors (Lipinski definition) is 2. The average molecular weight is 299 g/mol. The summed E-state index contributed by atoms with van der Waals surface area (Å²) in [6, 6.07) is 6.64. The largest absolute Gasteiger partial charge is 0.379 e. The van der Waals surface area contributed by atoms with E-state index in [4.69, 9.17) is 10.5 Å². The van der Waals surface area contributed by atoms with Crippen molar-refractivity contribution in [2.24, 2.45) is 5.73 Å². The standard InChI is InChI=1S/C13H21N3O3S/c1-2-13(14)11-4-3-5-12(10-11)20(17,18)15-16-6-8-19-9-7-16/h3-5,10,13,15H,2,6-9,14H2,1H3. The Balaban J connectivity index is 2.16. The maximum Gasteiger partial charge on any atom is 0.253 e. The van der Waals surface area contributed by atoms with Gasteiger partial charge in [0.15, 0.2) is 0 Å². The van der Waals surface area contributed by atoms with Crippen LogP contribution in [0.4, 0.5) is 0 Å². The lowest BCUT2D eigenvalue weighted by atomic mass is 10.1. The Morgan fingerprint density at radius 2 is 2.10 bits per heavy atom. The van der Waals surface area contributed by atoms with E-state index in [2.05, 4.69) is 4.83 Å². The second-order valence-electron chi connectivity index (χ2n) is 4.78. The quantitative estimate of drug-likeness (QED) is 0.832. The summed E-state index contributed by atoms with van der Waals surface area (Å²) in [5.41, 5.74) is 6.78. The Morgan fingerprint density at radius 3 is 2.75 bits per heavy atom. The van der Waals surface area contributed by atoms with E-state index in [1.54, 1.807) is 23.2 Å². The molecule has 6 nitrogen and oxygen atoms in total. The first kappa shape index (κ1) is 15.4. The molecule has 3 N–H and O–H groups in total. The van der Waals surface area contributed by atoms with Crippen LogP contribution in [0.1, 0.15) is 24.9 Å². The summed E-state index contributed by atoms with van der Waals surface area (Å²) < 4.78 is 29.9. The summed E-state index contributed by atoms with van der Waals surface area (Å²) in [7, 11) is -3.56. The van der Waals surface area contributed by atoms with Gasteiger partial charge in [-0.1, -0.05) is 19.1 Å². The van der Waals surface area contributed by atoms with Gasteiger partial charge in [0.05, 0.1) is 18.1 Å². The fraction of sp³-hybridized carbons (Fsp3) is 0.538. The van der Waals surface area contributed by atoms with Gasteiger partial charge in [-0.25, -0.2) is 13.4 Å². The number of nitrogens with one attached hydrogen (secondary N) is 1. The Kier molecular flexibility index (Phi) is 5.11. The van der Waals surface area contributed by atoms with E-state index in [1.165, 1.54) is 0 Å². The van der Waals surface area contributed by atoms with Crippen molar-refractivity contribution >= 4 is 10.0 Å². The minimum Gasteiger partial charge on any atom is -0.379 e. The van der Waals surface area contributed by atoms with Gasteiger partial charge in [0.25, 0.3) is 10.0 Å². The van der Waals surface area contributed by atoms with Crippen LogP contribution in [0.2, 0.25) is 0 Å². The van der Waals surface area contributed by atoms with Crippen LogP contribution in [0, 0.1) is 0 Å². The fourth-order valence-electron chi connectivity index (χ4n) is 2.03. The molecule has 2 rings (SSSR count). The first-order valence-corrected chi connectivity index (χ1v) is 8.22. The lowest BCUT2D eigenvalue weighted by molar-refractivity contribution is 0.0272. The van der Waals surface area contributed by atoms with Crippen LogP contribution in [0.25, 0.3) is 0 Å². The normalized spacial score (nSPS) is 18.9. The Bertz CT molecular complexity index is 542. The summed E-state index contributed by atoms with van der Waals surface area (Å²) in [6.07, 6.45) is 0.764. The van der Waals surface area contributed by atoms with Crippen LogP contribution in [0.3, 0.4) is 0 Å². The highest BCUT2D eigenvalue weighted by atomic mass is 32.2. The van der Waals surface area contributed by atoms with Crippen LogP contribution in [-0.2, 0) is 14.8 Å². The Morgan fingerprint density at radius 1 is 1.40 bits per heavy atom. The average Bonchev–Trinajstić information content (AvgIpc) is 2.47. The zero-order valence-electron chi connectivity index (χ0n) is 11.6. The SMILES string of the molecule is CCC(N)c1cccc(S(=O)(=O)NN2CCOCC2)c1. The van der Waals surface area contributed by atoms with Crippen LogP contribution >= 0.6 is 0 Å². The van der Waals surface area contributed by atoms with Crippen LogP contribution < -0.4 is 10.6 Å². The van der Waals surface area contributed by atoms with Gasteiger partial charge in [-0.15, -0.1) is 4.83 Å². The predicted octanol–water partition coefficient (Wildman–Crippen LogP) is 0.622. The van der Waals surface area contributed by atoms with Crippen LogP contribution in [0.5, 0.6) is 0 Å². The van der Waals surface area contributed by atoms with Crippen molar-refractivity contribution in [3.05, 3.63) is 29.8 Å². The lowest BCUT2D eigenvalue weighted by Gasteiger charge is -2.26. The van der Waals surface area contributed by atoms with E-state index >= 15 is 0 Å². The summed E-state index contributed by atoms with van der Waals surface area (Å²) in [6.45, 7) is 4.13. The maximum absolute atomic E-state index is 12.3. The fourth-order valence-corrected chi connectivity index (χ4v) is 3.20. The molecule has 112 valence electrons. The zero-order valence-corrected chi connectivity index (χ0v) is 12.4. The molecule has 1 aromatic carbocycles. The third-order valence-corrected chi connectivity index (χ3v) is 4.67. The molecule has 1 unspecified atom stereocenters. The number of nitrogens with two attached hydrogens (primary N) is 1. The molecule has 0 spiro atoms. The molecule has 1 aromatic rings. The third-order valence-electron chi connectivity index (χ3n) is 3.30. The minimum atomic E-state index is -3.56. The molecule has 7 heteroatoms. The monoisotopic (exact) mass is 299 g/mol. The van der Waals surface area contributed by atoms with E-state index < -0.39 is 10.0 Å². The van der Waals surface area contributed by atoms with Gasteiger partial charge in [0.2, 0.25) is 0 Å². The van der Waals surface area contributed by atoms with Gasteiger partial charge in [0.1, 0.15) is 0 Å². The molecule has 1 fully saturated rings. The van der Waals surface area contributed by atoms with Crippen molar-refractivity contribution in [2.75, 3.05) is 26.3 Å². The molecular formula is C13H21N3O3S. The highest BCUT2D eigenvalue weighted by Gasteiger charge is 2.20. The summed E-state index contributed by atoms with van der Waals surface area (Å²) >= 11 is 0. The summed E-state index contributed by atoms with van der Waals surface area (Å²) in [5.74, 6) is 0. The molecule has 1 heterocycles. The molecule has 1 aliphatic rings. The van der Waals surface area contributed by atoms with E-state index in [0.29, 0.717) is 26.3 Å². The van der Waals surface area contributed by atoms with E-state index in [1.807, 2.05) is 13.0 Å². The highest BCUT2D eigenvalue weighted by Crippen LogP contribution is 2.18. The summed E-state index contributed by atoms with van der Waals surface area (Å²) in [5, 5.41) is 1.66. The number of nitrogens with zero attached hydrogens (tertiary/aromatic N) is 1. The maximum atomic E-state index is 12.3. The lowest BCUT2D eigenvalue weighted by Crippen LogP contribution is -2.48. The molecule has 1 aliphatic heterocycles. The smallest absolute Gasteiger partial charge is 0.253 e. The van der Waals surface area contributed by atoms with E-state index in [-0.39, 0.29) is 10.9 Å². The van der Waals surface area contributed by atoms with Crippen molar-refractivity contribution in [1.82, 2.24) is 9.84 Å². The first-order chi connectivity index (χ1) is 9.53. The number of benzene rings is 1. The van der Waals surface area contributed by atoms with Crippen LogP contribution in [0.15, 0.2) is 29.2 Å². The number of sulfonamides is 1. The molecule has 0 aliphatic carbocycles. The van der Waals surface area contributed by atoms with Crippen LogP contribution in [-0.4, -0.2) is 39.7 Å². The van der Waals surface area contributed by atoms with Gasteiger partial charge < -0.3 is 10.5 Å². The molecule has 1 saturated heterocycles. The Hall–Kier alpha value is -0.990. The number of hydrogen-bond acceptors (Lipinski definition) is 5. The molecule has 20 heavy (non-hydrogen) atoms.